The second-order valence-corrected chi connectivity index (χ2v) is 8.89. The fourth-order valence-corrected chi connectivity index (χ4v) is 4.84. The van der Waals surface area contributed by atoms with Crippen LogP contribution in [0.2, 0.25) is 0 Å². The van der Waals surface area contributed by atoms with E-state index in [1.807, 2.05) is 0 Å². The zero-order chi connectivity index (χ0) is 20.0. The lowest BCUT2D eigenvalue weighted by molar-refractivity contribution is 0.0950. The fraction of sp³-hybridized carbons (Fsp3) is 0.381. The van der Waals surface area contributed by atoms with E-state index in [4.69, 9.17) is 0 Å². The van der Waals surface area contributed by atoms with Crippen molar-refractivity contribution in [3.63, 3.8) is 0 Å². The van der Waals surface area contributed by atoms with Gasteiger partial charge in [0, 0.05) is 19.6 Å². The molecule has 7 heteroatoms. The van der Waals surface area contributed by atoms with Gasteiger partial charge in [0.15, 0.2) is 0 Å². The molecule has 1 saturated heterocycles. The van der Waals surface area contributed by atoms with Gasteiger partial charge in [-0.2, -0.15) is 4.31 Å². The molecule has 150 valence electrons. The van der Waals surface area contributed by atoms with Crippen molar-refractivity contribution >= 4 is 15.9 Å². The smallest absolute Gasteiger partial charge is 0.254 e. The van der Waals surface area contributed by atoms with E-state index in [1.54, 1.807) is 34.6 Å². The van der Waals surface area contributed by atoms with Crippen LogP contribution in [0.1, 0.15) is 41.6 Å². The lowest BCUT2D eigenvalue weighted by atomic mass is 10.1. The molecule has 1 fully saturated rings. The first-order valence-corrected chi connectivity index (χ1v) is 11.0. The number of nitrogens with zero attached hydrogens (tertiary/aromatic N) is 1. The first-order chi connectivity index (χ1) is 13.5. The molecular formula is C21H25FN2O3S. The van der Waals surface area contributed by atoms with E-state index in [1.165, 1.54) is 18.2 Å². The molecule has 0 atom stereocenters. The maximum absolute atomic E-state index is 13.6. The van der Waals surface area contributed by atoms with Crippen molar-refractivity contribution < 1.29 is 17.6 Å². The number of hydrogen-bond donors (Lipinski definition) is 1. The highest BCUT2D eigenvalue weighted by Gasteiger charge is 2.24. The van der Waals surface area contributed by atoms with Crippen LogP contribution in [-0.2, 0) is 16.4 Å². The van der Waals surface area contributed by atoms with E-state index in [0.29, 0.717) is 31.0 Å². The van der Waals surface area contributed by atoms with Crippen molar-refractivity contribution in [1.29, 1.82) is 0 Å². The molecule has 2 aromatic carbocycles. The van der Waals surface area contributed by atoms with Crippen LogP contribution in [0.5, 0.6) is 0 Å². The van der Waals surface area contributed by atoms with Crippen LogP contribution >= 0.6 is 0 Å². The Morgan fingerprint density at radius 3 is 2.25 bits per heavy atom. The minimum atomic E-state index is -3.45. The first-order valence-electron chi connectivity index (χ1n) is 9.60. The largest absolute Gasteiger partial charge is 0.352 e. The average Bonchev–Trinajstić information content (AvgIpc) is 2.99. The molecule has 0 saturated carbocycles. The number of hydrogen-bond acceptors (Lipinski definition) is 3. The summed E-state index contributed by atoms with van der Waals surface area (Å²) in [4.78, 5) is 12.3. The molecule has 28 heavy (non-hydrogen) atoms. The number of sulfonamides is 1. The lowest BCUT2D eigenvalue weighted by Crippen LogP contribution is -2.31. The summed E-state index contributed by atoms with van der Waals surface area (Å²) in [6.45, 7) is 1.49. The highest BCUT2D eigenvalue weighted by atomic mass is 32.2. The SMILES string of the molecule is O=C(NCCc1ccc(S(=O)(=O)N2CCCCCC2)cc1)c1ccccc1F. The van der Waals surface area contributed by atoms with Crippen LogP contribution in [0.3, 0.4) is 0 Å². The quantitative estimate of drug-likeness (QED) is 0.803. The maximum atomic E-state index is 13.6. The summed E-state index contributed by atoms with van der Waals surface area (Å²) in [5, 5.41) is 2.69. The van der Waals surface area contributed by atoms with Gasteiger partial charge in [0.2, 0.25) is 10.0 Å². The number of amides is 1. The summed E-state index contributed by atoms with van der Waals surface area (Å²) < 4.78 is 40.7. The Bertz CT molecular complexity index is 906. The molecular weight excluding hydrogens is 379 g/mol. The fourth-order valence-electron chi connectivity index (χ4n) is 3.32. The highest BCUT2D eigenvalue weighted by Crippen LogP contribution is 2.20. The van der Waals surface area contributed by atoms with Gasteiger partial charge in [-0.25, -0.2) is 12.8 Å². The van der Waals surface area contributed by atoms with Crippen LogP contribution in [-0.4, -0.2) is 38.3 Å². The van der Waals surface area contributed by atoms with Gasteiger partial charge >= 0.3 is 0 Å². The predicted molar refractivity (Wildman–Crippen MR) is 106 cm³/mol. The molecule has 0 radical (unpaired) electrons. The third kappa shape index (κ3) is 4.97. The molecule has 1 aliphatic heterocycles. The second kappa shape index (κ2) is 9.30. The Hall–Kier alpha value is -2.25. The summed E-state index contributed by atoms with van der Waals surface area (Å²) in [6, 6.07) is 12.6. The van der Waals surface area contributed by atoms with E-state index in [0.717, 1.165) is 31.2 Å². The van der Waals surface area contributed by atoms with E-state index < -0.39 is 21.7 Å². The summed E-state index contributed by atoms with van der Waals surface area (Å²) >= 11 is 0. The monoisotopic (exact) mass is 404 g/mol. The number of halogens is 1. The maximum Gasteiger partial charge on any atom is 0.254 e. The minimum Gasteiger partial charge on any atom is -0.352 e. The lowest BCUT2D eigenvalue weighted by Gasteiger charge is -2.20. The predicted octanol–water partition coefficient (Wildman–Crippen LogP) is 3.36. The minimum absolute atomic E-state index is 0.0152. The van der Waals surface area contributed by atoms with Gasteiger partial charge in [-0.1, -0.05) is 37.1 Å². The van der Waals surface area contributed by atoms with Gasteiger partial charge in [0.25, 0.3) is 5.91 Å². The summed E-state index contributed by atoms with van der Waals surface area (Å²) in [7, 11) is -3.45. The third-order valence-corrected chi connectivity index (χ3v) is 6.86. The van der Waals surface area contributed by atoms with Crippen molar-refractivity contribution in [2.45, 2.75) is 37.0 Å². The molecule has 1 N–H and O–H groups in total. The molecule has 2 aromatic rings. The Labute approximate surface area is 165 Å². The van der Waals surface area contributed by atoms with E-state index in [9.17, 15) is 17.6 Å². The van der Waals surface area contributed by atoms with Crippen LogP contribution < -0.4 is 5.32 Å². The van der Waals surface area contributed by atoms with Gasteiger partial charge < -0.3 is 5.32 Å². The molecule has 5 nitrogen and oxygen atoms in total. The van der Waals surface area contributed by atoms with Crippen LogP contribution in [0, 0.1) is 5.82 Å². The Kier molecular flexibility index (Phi) is 6.80. The topological polar surface area (TPSA) is 66.5 Å². The highest BCUT2D eigenvalue weighted by molar-refractivity contribution is 7.89. The van der Waals surface area contributed by atoms with Gasteiger partial charge in [-0.3, -0.25) is 4.79 Å². The normalized spacial score (nSPS) is 15.8. The zero-order valence-corrected chi connectivity index (χ0v) is 16.6. The van der Waals surface area contributed by atoms with Gasteiger partial charge in [0.1, 0.15) is 5.82 Å². The number of nitrogens with one attached hydrogen (secondary N) is 1. The molecule has 0 bridgehead atoms. The molecule has 3 rings (SSSR count). The van der Waals surface area contributed by atoms with E-state index in [-0.39, 0.29) is 5.56 Å². The Morgan fingerprint density at radius 2 is 1.61 bits per heavy atom. The van der Waals surface area contributed by atoms with Crippen LogP contribution in [0.4, 0.5) is 4.39 Å². The van der Waals surface area contributed by atoms with E-state index in [2.05, 4.69) is 5.32 Å². The molecule has 1 amide bonds. The van der Waals surface area contributed by atoms with E-state index >= 15 is 0 Å². The van der Waals surface area contributed by atoms with Crippen LogP contribution in [0.25, 0.3) is 0 Å². The molecule has 1 heterocycles. The van der Waals surface area contributed by atoms with Gasteiger partial charge in [-0.05, 0) is 49.1 Å². The third-order valence-electron chi connectivity index (χ3n) is 4.94. The number of carbonyl (C=O) groups excluding carboxylic acids is 1. The average molecular weight is 405 g/mol. The Balaban J connectivity index is 1.57. The van der Waals surface area contributed by atoms with Crippen molar-refractivity contribution in [3.8, 4) is 0 Å². The summed E-state index contributed by atoms with van der Waals surface area (Å²) in [5.41, 5.74) is 0.921. The molecule has 0 aliphatic carbocycles. The first kappa shape index (κ1) is 20.5. The second-order valence-electron chi connectivity index (χ2n) is 6.95. The Morgan fingerprint density at radius 1 is 0.964 bits per heavy atom. The number of rotatable bonds is 6. The number of carbonyl (C=O) groups is 1. The molecule has 0 unspecified atom stereocenters. The molecule has 0 spiro atoms. The van der Waals surface area contributed by atoms with Gasteiger partial charge in [-0.15, -0.1) is 0 Å². The molecule has 0 aromatic heterocycles. The zero-order valence-electron chi connectivity index (χ0n) is 15.7. The summed E-state index contributed by atoms with van der Waals surface area (Å²) in [6.07, 6.45) is 4.48. The van der Waals surface area contributed by atoms with Crippen molar-refractivity contribution in [3.05, 3.63) is 65.5 Å². The van der Waals surface area contributed by atoms with Crippen molar-refractivity contribution in [2.75, 3.05) is 19.6 Å². The van der Waals surface area contributed by atoms with Crippen molar-refractivity contribution in [1.82, 2.24) is 9.62 Å². The summed E-state index contributed by atoms with van der Waals surface area (Å²) in [5.74, 6) is -1.01. The van der Waals surface area contributed by atoms with Gasteiger partial charge in [0.05, 0.1) is 10.5 Å². The standard InChI is InChI=1S/C21H25FN2O3S/c22-20-8-4-3-7-19(20)21(25)23-14-13-17-9-11-18(12-10-17)28(26,27)24-15-5-1-2-6-16-24/h3-4,7-12H,1-2,5-6,13-16H2,(H,23,25). The molecule has 1 aliphatic rings. The number of benzene rings is 2. The van der Waals surface area contributed by atoms with Crippen LogP contribution in [0.15, 0.2) is 53.4 Å². The van der Waals surface area contributed by atoms with Crippen molar-refractivity contribution in [2.24, 2.45) is 0 Å².